The second kappa shape index (κ2) is 6.61. The summed E-state index contributed by atoms with van der Waals surface area (Å²) in [6.07, 6.45) is 7.91. The van der Waals surface area contributed by atoms with Crippen LogP contribution in [0.4, 0.5) is 0 Å². The molecule has 124 valence electrons. The van der Waals surface area contributed by atoms with Gasteiger partial charge in [0.05, 0.1) is 17.5 Å². The molecule has 4 rings (SSSR count). The van der Waals surface area contributed by atoms with E-state index < -0.39 is 0 Å². The highest BCUT2D eigenvalue weighted by atomic mass is 16.1. The fraction of sp³-hybridized carbons (Fsp3) is 0.0476. The van der Waals surface area contributed by atoms with Crippen molar-refractivity contribution >= 4 is 11.9 Å². The minimum absolute atomic E-state index is 0.637. The van der Waals surface area contributed by atoms with Gasteiger partial charge in [0, 0.05) is 35.3 Å². The molecule has 0 bridgehead atoms. The molecule has 0 fully saturated rings. The van der Waals surface area contributed by atoms with Gasteiger partial charge in [-0.25, -0.2) is 9.50 Å². The fourth-order valence-corrected chi connectivity index (χ4v) is 2.60. The van der Waals surface area contributed by atoms with Gasteiger partial charge in [-0.3, -0.25) is 9.78 Å². The van der Waals surface area contributed by atoms with Gasteiger partial charge in [-0.2, -0.15) is 5.10 Å². The van der Waals surface area contributed by atoms with Gasteiger partial charge in [0.2, 0.25) is 0 Å². The highest BCUT2D eigenvalue weighted by Crippen LogP contribution is 2.19. The maximum absolute atomic E-state index is 10.8. The van der Waals surface area contributed by atoms with Gasteiger partial charge in [-0.15, -0.1) is 0 Å². The third-order valence-corrected chi connectivity index (χ3v) is 4.06. The van der Waals surface area contributed by atoms with Crippen LogP contribution in [0, 0.1) is 18.8 Å². The molecular formula is C21H14N4O. The molecule has 0 N–H and O–H groups in total. The number of benzene rings is 1. The second-order valence-corrected chi connectivity index (χ2v) is 5.82. The van der Waals surface area contributed by atoms with Gasteiger partial charge in [0.1, 0.15) is 6.29 Å². The molecule has 0 saturated heterocycles. The molecule has 5 heteroatoms. The Morgan fingerprint density at radius 1 is 1.00 bits per heavy atom. The molecule has 0 radical (unpaired) electrons. The lowest BCUT2D eigenvalue weighted by Gasteiger charge is -2.02. The maximum Gasteiger partial charge on any atom is 0.171 e. The SMILES string of the molecule is Cc1cnccc1C#Cc1cnn2ccc(-c3ccc(C=O)cc3)nc12. The predicted molar refractivity (Wildman–Crippen MR) is 98.8 cm³/mol. The Morgan fingerprint density at radius 2 is 1.81 bits per heavy atom. The van der Waals surface area contributed by atoms with E-state index in [1.165, 1.54) is 0 Å². The zero-order chi connectivity index (χ0) is 17.9. The Hall–Kier alpha value is -3.78. The lowest BCUT2D eigenvalue weighted by molar-refractivity contribution is 0.112. The number of aldehydes is 1. The monoisotopic (exact) mass is 338 g/mol. The van der Waals surface area contributed by atoms with Gasteiger partial charge < -0.3 is 0 Å². The van der Waals surface area contributed by atoms with E-state index in [0.717, 1.165) is 34.2 Å². The Balaban J connectivity index is 1.75. The number of hydrogen-bond donors (Lipinski definition) is 0. The van der Waals surface area contributed by atoms with Crippen LogP contribution in [0.15, 0.2) is 61.2 Å². The second-order valence-electron chi connectivity index (χ2n) is 5.82. The van der Waals surface area contributed by atoms with Crippen molar-refractivity contribution in [3.8, 4) is 23.1 Å². The Bertz CT molecular complexity index is 1160. The van der Waals surface area contributed by atoms with Crippen LogP contribution < -0.4 is 0 Å². The average molecular weight is 338 g/mol. The molecule has 0 aliphatic carbocycles. The highest BCUT2D eigenvalue weighted by Gasteiger charge is 2.06. The number of pyridine rings is 1. The van der Waals surface area contributed by atoms with Crippen molar-refractivity contribution in [1.82, 2.24) is 19.6 Å². The molecule has 0 unspecified atom stereocenters. The van der Waals surface area contributed by atoms with Crippen LogP contribution in [0.3, 0.4) is 0 Å². The van der Waals surface area contributed by atoms with Crippen molar-refractivity contribution in [1.29, 1.82) is 0 Å². The minimum atomic E-state index is 0.637. The summed E-state index contributed by atoms with van der Waals surface area (Å²) in [5.74, 6) is 6.31. The molecule has 4 aromatic rings. The summed E-state index contributed by atoms with van der Waals surface area (Å²) >= 11 is 0. The van der Waals surface area contributed by atoms with Crippen LogP contribution in [0.1, 0.15) is 27.0 Å². The molecule has 0 atom stereocenters. The smallest absolute Gasteiger partial charge is 0.171 e. The molecule has 3 aromatic heterocycles. The summed E-state index contributed by atoms with van der Waals surface area (Å²) in [4.78, 5) is 19.6. The number of hydrogen-bond acceptors (Lipinski definition) is 4. The Kier molecular flexibility index (Phi) is 4.00. The van der Waals surface area contributed by atoms with E-state index in [1.807, 2.05) is 37.4 Å². The third kappa shape index (κ3) is 2.96. The molecule has 0 spiro atoms. The van der Waals surface area contributed by atoms with Crippen molar-refractivity contribution in [2.45, 2.75) is 6.92 Å². The molecular weight excluding hydrogens is 324 g/mol. The third-order valence-electron chi connectivity index (χ3n) is 4.06. The van der Waals surface area contributed by atoms with Crippen LogP contribution in [0.25, 0.3) is 16.9 Å². The van der Waals surface area contributed by atoms with Crippen molar-refractivity contribution < 1.29 is 4.79 Å². The van der Waals surface area contributed by atoms with E-state index in [0.29, 0.717) is 11.2 Å². The van der Waals surface area contributed by atoms with Crippen LogP contribution in [-0.2, 0) is 0 Å². The standard InChI is InChI=1S/C21H14N4O/c1-15-12-22-10-8-17(15)6-7-19-13-23-25-11-9-20(24-21(19)25)18-4-2-16(14-26)3-5-18/h2-5,8-14H,1H3. The van der Waals surface area contributed by atoms with Gasteiger partial charge in [-0.1, -0.05) is 36.1 Å². The molecule has 0 aliphatic heterocycles. The first-order chi connectivity index (χ1) is 12.7. The van der Waals surface area contributed by atoms with E-state index in [2.05, 4.69) is 21.9 Å². The molecule has 1 aromatic carbocycles. The first-order valence-corrected chi connectivity index (χ1v) is 8.07. The number of aromatic nitrogens is 4. The summed E-state index contributed by atoms with van der Waals surface area (Å²) in [6, 6.07) is 11.1. The summed E-state index contributed by atoms with van der Waals surface area (Å²) in [6.45, 7) is 1.98. The molecule has 0 saturated carbocycles. The van der Waals surface area contributed by atoms with Crippen LogP contribution in [-0.4, -0.2) is 25.9 Å². The lowest BCUT2D eigenvalue weighted by atomic mass is 10.1. The molecule has 5 nitrogen and oxygen atoms in total. The summed E-state index contributed by atoms with van der Waals surface area (Å²) in [5.41, 5.74) is 5.79. The van der Waals surface area contributed by atoms with Crippen molar-refractivity contribution in [3.63, 3.8) is 0 Å². The van der Waals surface area contributed by atoms with E-state index >= 15 is 0 Å². The van der Waals surface area contributed by atoms with Crippen LogP contribution in [0.2, 0.25) is 0 Å². The topological polar surface area (TPSA) is 60.2 Å². The van der Waals surface area contributed by atoms with Gasteiger partial charge >= 0.3 is 0 Å². The zero-order valence-electron chi connectivity index (χ0n) is 14.0. The van der Waals surface area contributed by atoms with Gasteiger partial charge in [0.15, 0.2) is 5.65 Å². The molecule has 26 heavy (non-hydrogen) atoms. The van der Waals surface area contributed by atoms with Crippen molar-refractivity contribution in [3.05, 3.63) is 83.4 Å². The van der Waals surface area contributed by atoms with Gasteiger partial charge in [0.25, 0.3) is 0 Å². The van der Waals surface area contributed by atoms with E-state index in [4.69, 9.17) is 4.98 Å². The number of carbonyl (C=O) groups is 1. The first kappa shape index (κ1) is 15.7. The number of nitrogens with zero attached hydrogens (tertiary/aromatic N) is 4. The number of fused-ring (bicyclic) bond motifs is 1. The fourth-order valence-electron chi connectivity index (χ4n) is 2.60. The minimum Gasteiger partial charge on any atom is -0.298 e. The Labute approximate surface area is 150 Å². The van der Waals surface area contributed by atoms with Crippen LogP contribution >= 0.6 is 0 Å². The number of rotatable bonds is 2. The normalized spacial score (nSPS) is 10.3. The summed E-state index contributed by atoms with van der Waals surface area (Å²) in [7, 11) is 0. The van der Waals surface area contributed by atoms with Crippen molar-refractivity contribution in [2.24, 2.45) is 0 Å². The summed E-state index contributed by atoms with van der Waals surface area (Å²) < 4.78 is 1.70. The highest BCUT2D eigenvalue weighted by molar-refractivity contribution is 5.76. The largest absolute Gasteiger partial charge is 0.298 e. The first-order valence-electron chi connectivity index (χ1n) is 8.07. The number of carbonyl (C=O) groups excluding carboxylic acids is 1. The van der Waals surface area contributed by atoms with E-state index in [9.17, 15) is 4.79 Å². The van der Waals surface area contributed by atoms with E-state index in [1.54, 1.807) is 35.2 Å². The quantitative estimate of drug-likeness (QED) is 0.416. The predicted octanol–water partition coefficient (Wildman–Crippen LogP) is 3.31. The lowest BCUT2D eigenvalue weighted by Crippen LogP contribution is -1.93. The summed E-state index contributed by atoms with van der Waals surface area (Å²) in [5, 5.41) is 4.31. The average Bonchev–Trinajstić information content (AvgIpc) is 3.10. The molecule has 3 heterocycles. The van der Waals surface area contributed by atoms with Crippen molar-refractivity contribution in [2.75, 3.05) is 0 Å². The van der Waals surface area contributed by atoms with Crippen LogP contribution in [0.5, 0.6) is 0 Å². The van der Waals surface area contributed by atoms with Gasteiger partial charge in [-0.05, 0) is 24.6 Å². The maximum atomic E-state index is 10.8. The molecule has 0 aliphatic rings. The number of aryl methyl sites for hydroxylation is 1. The zero-order valence-corrected chi connectivity index (χ0v) is 14.0. The Morgan fingerprint density at radius 3 is 2.58 bits per heavy atom. The molecule has 0 amide bonds. The van der Waals surface area contributed by atoms with E-state index in [-0.39, 0.29) is 0 Å².